The normalized spacial score (nSPS) is 12.1. The Balaban J connectivity index is 1.65. The van der Waals surface area contributed by atoms with Gasteiger partial charge in [0.25, 0.3) is 0 Å². The third-order valence-electron chi connectivity index (χ3n) is 5.89. The third-order valence-corrected chi connectivity index (χ3v) is 6.82. The molecule has 3 aromatic heterocycles. The third kappa shape index (κ3) is 4.69. The number of carbonyl (C=O) groups excluding carboxylic acids is 1. The van der Waals surface area contributed by atoms with Gasteiger partial charge in [-0.2, -0.15) is 0 Å². The molecule has 0 unspecified atom stereocenters. The molecule has 0 bridgehead atoms. The second-order valence-corrected chi connectivity index (χ2v) is 9.28. The zero-order valence-corrected chi connectivity index (χ0v) is 21.0. The molecule has 1 atom stereocenters. The molecule has 0 aliphatic heterocycles. The van der Waals surface area contributed by atoms with Crippen molar-refractivity contribution in [3.05, 3.63) is 77.4 Å². The van der Waals surface area contributed by atoms with Gasteiger partial charge in [0, 0.05) is 42.0 Å². The summed E-state index contributed by atoms with van der Waals surface area (Å²) in [5.74, 6) is 1.06. The molecule has 4 aromatic rings. The van der Waals surface area contributed by atoms with Crippen LogP contribution in [0.3, 0.4) is 0 Å². The lowest BCUT2D eigenvalue weighted by molar-refractivity contribution is 0.102. The maximum absolute atomic E-state index is 13.2. The van der Waals surface area contributed by atoms with Gasteiger partial charge in [-0.1, -0.05) is 30.0 Å². The number of thioether (sulfide) groups is 1. The number of aromatic nitrogens is 5. The predicted octanol–water partition coefficient (Wildman–Crippen LogP) is 5.24. The highest BCUT2D eigenvalue weighted by atomic mass is 32.2. The second kappa shape index (κ2) is 10.4. The SMILES string of the molecule is COC[C@@H](C)n1c(C)cc(C(=O)CSc2nnc(-c3ccncc3)n2-c2ccccc2C)c1C. The number of rotatable bonds is 9. The summed E-state index contributed by atoms with van der Waals surface area (Å²) in [5.41, 5.74) is 5.76. The summed E-state index contributed by atoms with van der Waals surface area (Å²) in [5, 5.41) is 9.60. The van der Waals surface area contributed by atoms with E-state index in [1.54, 1.807) is 19.5 Å². The van der Waals surface area contributed by atoms with Crippen molar-refractivity contribution in [3.63, 3.8) is 0 Å². The number of hydrogen-bond acceptors (Lipinski definition) is 6. The van der Waals surface area contributed by atoms with E-state index in [-0.39, 0.29) is 17.6 Å². The summed E-state index contributed by atoms with van der Waals surface area (Å²) in [6, 6.07) is 14.1. The Hall–Kier alpha value is -3.23. The number of para-hydroxylation sites is 1. The van der Waals surface area contributed by atoms with Crippen LogP contribution in [0.15, 0.2) is 60.0 Å². The monoisotopic (exact) mass is 475 g/mol. The molecule has 0 saturated carbocycles. The van der Waals surface area contributed by atoms with Crippen molar-refractivity contribution in [2.45, 2.75) is 38.9 Å². The van der Waals surface area contributed by atoms with Gasteiger partial charge in [0.15, 0.2) is 16.8 Å². The minimum Gasteiger partial charge on any atom is -0.383 e. The van der Waals surface area contributed by atoms with E-state index in [4.69, 9.17) is 4.74 Å². The van der Waals surface area contributed by atoms with Crippen molar-refractivity contribution in [2.24, 2.45) is 0 Å². The fourth-order valence-corrected chi connectivity index (χ4v) is 5.17. The van der Waals surface area contributed by atoms with Crippen LogP contribution >= 0.6 is 11.8 Å². The molecule has 0 fully saturated rings. The number of hydrogen-bond donors (Lipinski definition) is 0. The van der Waals surface area contributed by atoms with E-state index in [0.29, 0.717) is 11.8 Å². The Kier molecular flexibility index (Phi) is 7.29. The molecule has 7 nitrogen and oxygen atoms in total. The van der Waals surface area contributed by atoms with Crippen molar-refractivity contribution in [1.82, 2.24) is 24.3 Å². The van der Waals surface area contributed by atoms with Crippen LogP contribution in [-0.4, -0.2) is 49.6 Å². The standard InChI is InChI=1S/C26H29N5O2S/c1-17-8-6-7-9-23(17)31-25(21-10-12-27-13-11-21)28-29-26(31)34-16-24(32)22-14-18(2)30(20(22)4)19(3)15-33-5/h6-14,19H,15-16H2,1-5H3/t19-/m1/s1. The number of benzene rings is 1. The van der Waals surface area contributed by atoms with Gasteiger partial charge in [0.05, 0.1) is 24.1 Å². The number of nitrogens with zero attached hydrogens (tertiary/aromatic N) is 5. The summed E-state index contributed by atoms with van der Waals surface area (Å²) in [6.07, 6.45) is 3.48. The molecule has 4 rings (SSSR count). The average molecular weight is 476 g/mol. The van der Waals surface area contributed by atoms with Gasteiger partial charge in [-0.3, -0.25) is 14.3 Å². The van der Waals surface area contributed by atoms with E-state index in [0.717, 1.165) is 39.6 Å². The Bertz CT molecular complexity index is 1300. The summed E-state index contributed by atoms with van der Waals surface area (Å²) >= 11 is 1.40. The van der Waals surface area contributed by atoms with Gasteiger partial charge in [0.1, 0.15) is 0 Å². The van der Waals surface area contributed by atoms with Gasteiger partial charge >= 0.3 is 0 Å². The maximum Gasteiger partial charge on any atom is 0.196 e. The lowest BCUT2D eigenvalue weighted by Crippen LogP contribution is -2.15. The predicted molar refractivity (Wildman–Crippen MR) is 135 cm³/mol. The van der Waals surface area contributed by atoms with Crippen LogP contribution < -0.4 is 0 Å². The molecule has 0 amide bonds. The van der Waals surface area contributed by atoms with E-state index >= 15 is 0 Å². The summed E-state index contributed by atoms with van der Waals surface area (Å²) in [7, 11) is 1.69. The fraction of sp³-hybridized carbons (Fsp3) is 0.308. The Morgan fingerprint density at radius 1 is 1.09 bits per heavy atom. The smallest absolute Gasteiger partial charge is 0.196 e. The summed E-state index contributed by atoms with van der Waals surface area (Å²) in [6.45, 7) is 8.77. The van der Waals surface area contributed by atoms with E-state index in [9.17, 15) is 4.79 Å². The van der Waals surface area contributed by atoms with Crippen LogP contribution in [0.5, 0.6) is 0 Å². The number of pyridine rings is 1. The number of ketones is 1. The highest BCUT2D eigenvalue weighted by Gasteiger charge is 2.22. The molecular weight excluding hydrogens is 446 g/mol. The molecule has 0 spiro atoms. The molecule has 0 aliphatic rings. The molecular formula is C26H29N5O2S. The molecule has 1 aromatic carbocycles. The summed E-state index contributed by atoms with van der Waals surface area (Å²) < 4.78 is 9.50. The number of methoxy groups -OCH3 is 1. The molecule has 0 aliphatic carbocycles. The quantitative estimate of drug-likeness (QED) is 0.243. The number of carbonyl (C=O) groups is 1. The van der Waals surface area contributed by atoms with Crippen LogP contribution in [0.1, 0.15) is 40.3 Å². The molecule has 176 valence electrons. The lowest BCUT2D eigenvalue weighted by atomic mass is 10.2. The number of Topliss-reactive ketones (excluding diaryl/α,β-unsaturated/α-hetero) is 1. The first-order valence-electron chi connectivity index (χ1n) is 11.2. The lowest BCUT2D eigenvalue weighted by Gasteiger charge is -2.17. The Morgan fingerprint density at radius 2 is 1.82 bits per heavy atom. The van der Waals surface area contributed by atoms with Crippen molar-refractivity contribution < 1.29 is 9.53 Å². The minimum atomic E-state index is 0.0683. The van der Waals surface area contributed by atoms with Crippen molar-refractivity contribution in [2.75, 3.05) is 19.5 Å². The summed E-state index contributed by atoms with van der Waals surface area (Å²) in [4.78, 5) is 17.4. The molecule has 0 radical (unpaired) electrons. The van der Waals surface area contributed by atoms with Gasteiger partial charge < -0.3 is 9.30 Å². The highest BCUT2D eigenvalue weighted by molar-refractivity contribution is 7.99. The van der Waals surface area contributed by atoms with E-state index in [2.05, 4.69) is 39.7 Å². The molecule has 34 heavy (non-hydrogen) atoms. The van der Waals surface area contributed by atoms with Crippen LogP contribution in [0.4, 0.5) is 0 Å². The van der Waals surface area contributed by atoms with Crippen LogP contribution in [0, 0.1) is 20.8 Å². The maximum atomic E-state index is 13.2. The second-order valence-electron chi connectivity index (χ2n) is 8.33. The van der Waals surface area contributed by atoms with Gasteiger partial charge in [-0.05, 0) is 57.5 Å². The topological polar surface area (TPSA) is 74.8 Å². The highest BCUT2D eigenvalue weighted by Crippen LogP contribution is 2.30. The molecule has 0 N–H and O–H groups in total. The fourth-order valence-electron chi connectivity index (χ4n) is 4.34. The zero-order valence-electron chi connectivity index (χ0n) is 20.1. The van der Waals surface area contributed by atoms with Gasteiger partial charge in [0.2, 0.25) is 0 Å². The van der Waals surface area contributed by atoms with E-state index < -0.39 is 0 Å². The Morgan fingerprint density at radius 3 is 2.53 bits per heavy atom. The van der Waals surface area contributed by atoms with Crippen molar-refractivity contribution in [3.8, 4) is 17.1 Å². The van der Waals surface area contributed by atoms with Gasteiger partial charge in [-0.15, -0.1) is 10.2 Å². The van der Waals surface area contributed by atoms with Crippen LogP contribution in [0.25, 0.3) is 17.1 Å². The van der Waals surface area contributed by atoms with E-state index in [1.807, 2.05) is 54.8 Å². The van der Waals surface area contributed by atoms with Crippen molar-refractivity contribution >= 4 is 17.5 Å². The first kappa shape index (κ1) is 23.9. The van der Waals surface area contributed by atoms with E-state index in [1.165, 1.54) is 11.8 Å². The number of ether oxygens (including phenoxy) is 1. The van der Waals surface area contributed by atoms with Crippen LogP contribution in [-0.2, 0) is 4.74 Å². The van der Waals surface area contributed by atoms with Crippen molar-refractivity contribution in [1.29, 1.82) is 0 Å². The zero-order chi connectivity index (χ0) is 24.2. The first-order chi connectivity index (χ1) is 16.4. The molecule has 0 saturated heterocycles. The molecule has 8 heteroatoms. The minimum absolute atomic E-state index is 0.0683. The van der Waals surface area contributed by atoms with Gasteiger partial charge in [-0.25, -0.2) is 0 Å². The molecule has 3 heterocycles. The largest absolute Gasteiger partial charge is 0.383 e. The first-order valence-corrected chi connectivity index (χ1v) is 12.2. The Labute approximate surface area is 204 Å². The van der Waals surface area contributed by atoms with Crippen LogP contribution in [0.2, 0.25) is 0 Å². The average Bonchev–Trinajstić information content (AvgIpc) is 3.38. The number of aryl methyl sites for hydroxylation is 2.